The van der Waals surface area contributed by atoms with Crippen molar-refractivity contribution in [2.24, 2.45) is 0 Å². The fraction of sp³-hybridized carbons (Fsp3) is 0.364. The molecule has 0 aliphatic rings. The van der Waals surface area contributed by atoms with E-state index in [2.05, 4.69) is 5.32 Å². The summed E-state index contributed by atoms with van der Waals surface area (Å²) in [7, 11) is 0. The number of rotatable bonds is 6. The van der Waals surface area contributed by atoms with E-state index in [0.29, 0.717) is 5.76 Å². The predicted octanol–water partition coefficient (Wildman–Crippen LogP) is 0.636. The Balaban J connectivity index is 2.63. The SMILES string of the molecule is Cc1ccc(C(=O)NC(CCC(=O)O)C(=O)O)o1. The van der Waals surface area contributed by atoms with Gasteiger partial charge >= 0.3 is 11.9 Å². The number of hydrogen-bond donors (Lipinski definition) is 3. The van der Waals surface area contributed by atoms with Crippen LogP contribution in [0.25, 0.3) is 0 Å². The van der Waals surface area contributed by atoms with Crippen molar-refractivity contribution in [2.45, 2.75) is 25.8 Å². The standard InChI is InChI=1S/C11H13NO6/c1-6-2-4-8(18-6)10(15)12-7(11(16)17)3-5-9(13)14/h2,4,7H,3,5H2,1H3,(H,12,15)(H,13,14)(H,16,17). The molecule has 1 heterocycles. The molecule has 1 unspecified atom stereocenters. The summed E-state index contributed by atoms with van der Waals surface area (Å²) in [4.78, 5) is 32.8. The molecular formula is C11H13NO6. The van der Waals surface area contributed by atoms with Gasteiger partial charge in [0, 0.05) is 6.42 Å². The van der Waals surface area contributed by atoms with Crippen molar-refractivity contribution in [3.05, 3.63) is 23.7 Å². The summed E-state index contributed by atoms with van der Waals surface area (Å²) in [6.07, 6.45) is -0.523. The second kappa shape index (κ2) is 5.85. The zero-order valence-electron chi connectivity index (χ0n) is 9.67. The average molecular weight is 255 g/mol. The molecule has 0 aliphatic heterocycles. The number of carbonyl (C=O) groups excluding carboxylic acids is 1. The molecule has 0 bridgehead atoms. The Morgan fingerprint density at radius 3 is 2.44 bits per heavy atom. The summed E-state index contributed by atoms with van der Waals surface area (Å²) >= 11 is 0. The van der Waals surface area contributed by atoms with E-state index in [9.17, 15) is 14.4 Å². The first-order valence-corrected chi connectivity index (χ1v) is 5.22. The molecule has 0 radical (unpaired) electrons. The molecule has 3 N–H and O–H groups in total. The van der Waals surface area contributed by atoms with E-state index in [1.54, 1.807) is 13.0 Å². The minimum Gasteiger partial charge on any atom is -0.481 e. The second-order valence-electron chi connectivity index (χ2n) is 3.71. The quantitative estimate of drug-likeness (QED) is 0.686. The summed E-state index contributed by atoms with van der Waals surface area (Å²) in [5, 5.41) is 19.5. The molecule has 0 aliphatic carbocycles. The number of aliphatic carboxylic acids is 2. The first-order valence-electron chi connectivity index (χ1n) is 5.22. The van der Waals surface area contributed by atoms with E-state index >= 15 is 0 Å². The molecule has 1 atom stereocenters. The summed E-state index contributed by atoms with van der Waals surface area (Å²) in [6, 6.07) is 1.74. The lowest BCUT2D eigenvalue weighted by Gasteiger charge is -2.12. The van der Waals surface area contributed by atoms with Gasteiger partial charge in [-0.2, -0.15) is 0 Å². The Kier molecular flexibility index (Phi) is 4.47. The number of amides is 1. The third kappa shape index (κ3) is 3.93. The predicted molar refractivity (Wildman–Crippen MR) is 59.2 cm³/mol. The van der Waals surface area contributed by atoms with Crippen molar-refractivity contribution in [2.75, 3.05) is 0 Å². The second-order valence-corrected chi connectivity index (χ2v) is 3.71. The van der Waals surface area contributed by atoms with Crippen molar-refractivity contribution in [3.63, 3.8) is 0 Å². The smallest absolute Gasteiger partial charge is 0.326 e. The van der Waals surface area contributed by atoms with Crippen LogP contribution in [0.3, 0.4) is 0 Å². The highest BCUT2D eigenvalue weighted by Gasteiger charge is 2.22. The number of hydrogen-bond acceptors (Lipinski definition) is 4. The van der Waals surface area contributed by atoms with Gasteiger partial charge in [0.25, 0.3) is 5.91 Å². The minimum atomic E-state index is -1.28. The van der Waals surface area contributed by atoms with Gasteiger partial charge in [0.2, 0.25) is 0 Å². The van der Waals surface area contributed by atoms with Crippen LogP contribution in [0.15, 0.2) is 16.5 Å². The van der Waals surface area contributed by atoms with Crippen LogP contribution in [0, 0.1) is 6.92 Å². The Morgan fingerprint density at radius 2 is 2.00 bits per heavy atom. The van der Waals surface area contributed by atoms with Crippen LogP contribution in [0.5, 0.6) is 0 Å². The molecule has 1 rings (SSSR count). The molecule has 98 valence electrons. The van der Waals surface area contributed by atoms with Crippen LogP contribution in [-0.2, 0) is 9.59 Å². The first kappa shape index (κ1) is 13.8. The van der Waals surface area contributed by atoms with Crippen LogP contribution in [0.4, 0.5) is 0 Å². The van der Waals surface area contributed by atoms with Crippen molar-refractivity contribution in [1.29, 1.82) is 0 Å². The van der Waals surface area contributed by atoms with E-state index in [0.717, 1.165) is 0 Å². The van der Waals surface area contributed by atoms with Gasteiger partial charge in [-0.25, -0.2) is 4.79 Å². The number of carboxylic acids is 2. The van der Waals surface area contributed by atoms with Crippen LogP contribution < -0.4 is 5.32 Å². The minimum absolute atomic E-state index is 0.00549. The van der Waals surface area contributed by atoms with Gasteiger partial charge in [0.05, 0.1) is 0 Å². The molecule has 7 heteroatoms. The highest BCUT2D eigenvalue weighted by atomic mass is 16.4. The number of furan rings is 1. The molecule has 0 saturated heterocycles. The molecule has 0 fully saturated rings. The fourth-order valence-electron chi connectivity index (χ4n) is 1.31. The van der Waals surface area contributed by atoms with E-state index in [4.69, 9.17) is 14.6 Å². The number of carbonyl (C=O) groups is 3. The van der Waals surface area contributed by atoms with Crippen LogP contribution in [0.2, 0.25) is 0 Å². The molecular weight excluding hydrogens is 242 g/mol. The van der Waals surface area contributed by atoms with Crippen LogP contribution in [0.1, 0.15) is 29.2 Å². The highest BCUT2D eigenvalue weighted by molar-refractivity contribution is 5.94. The third-order valence-electron chi connectivity index (χ3n) is 2.21. The summed E-state index contributed by atoms with van der Waals surface area (Å²) in [6.45, 7) is 1.65. The van der Waals surface area contributed by atoms with E-state index < -0.39 is 23.9 Å². The zero-order chi connectivity index (χ0) is 13.7. The Hall–Kier alpha value is -2.31. The molecule has 0 spiro atoms. The molecule has 0 aromatic carbocycles. The maximum atomic E-state index is 11.6. The van der Waals surface area contributed by atoms with Gasteiger partial charge in [-0.15, -0.1) is 0 Å². The zero-order valence-corrected chi connectivity index (χ0v) is 9.67. The molecule has 0 saturated carbocycles. The summed E-state index contributed by atoms with van der Waals surface area (Å²) < 4.78 is 5.03. The maximum absolute atomic E-state index is 11.6. The van der Waals surface area contributed by atoms with Crippen LogP contribution in [-0.4, -0.2) is 34.1 Å². The molecule has 1 aromatic rings. The number of aryl methyl sites for hydroxylation is 1. The lowest BCUT2D eigenvalue weighted by molar-refractivity contribution is -0.140. The summed E-state index contributed by atoms with van der Waals surface area (Å²) in [5.74, 6) is -2.57. The van der Waals surface area contributed by atoms with Gasteiger partial charge < -0.3 is 19.9 Å². The monoisotopic (exact) mass is 255 g/mol. The molecule has 1 amide bonds. The Bertz CT molecular complexity index is 464. The lowest BCUT2D eigenvalue weighted by atomic mass is 10.1. The Labute approximate surface area is 102 Å². The molecule has 18 heavy (non-hydrogen) atoms. The van der Waals surface area contributed by atoms with Gasteiger partial charge in [-0.05, 0) is 25.5 Å². The molecule has 1 aromatic heterocycles. The van der Waals surface area contributed by atoms with Crippen LogP contribution >= 0.6 is 0 Å². The maximum Gasteiger partial charge on any atom is 0.326 e. The topological polar surface area (TPSA) is 117 Å². The normalized spacial score (nSPS) is 11.8. The van der Waals surface area contributed by atoms with Crippen molar-refractivity contribution in [3.8, 4) is 0 Å². The third-order valence-corrected chi connectivity index (χ3v) is 2.21. The number of nitrogens with one attached hydrogen (secondary N) is 1. The van der Waals surface area contributed by atoms with E-state index in [1.807, 2.05) is 0 Å². The van der Waals surface area contributed by atoms with Gasteiger partial charge in [-0.3, -0.25) is 9.59 Å². The van der Waals surface area contributed by atoms with E-state index in [-0.39, 0.29) is 18.6 Å². The largest absolute Gasteiger partial charge is 0.481 e. The van der Waals surface area contributed by atoms with E-state index in [1.165, 1.54) is 6.07 Å². The fourth-order valence-corrected chi connectivity index (χ4v) is 1.31. The van der Waals surface area contributed by atoms with Gasteiger partial charge in [0.15, 0.2) is 5.76 Å². The first-order chi connectivity index (χ1) is 8.40. The van der Waals surface area contributed by atoms with Crippen molar-refractivity contribution < 1.29 is 29.0 Å². The van der Waals surface area contributed by atoms with Gasteiger partial charge in [0.1, 0.15) is 11.8 Å². The Morgan fingerprint density at radius 1 is 1.33 bits per heavy atom. The lowest BCUT2D eigenvalue weighted by Crippen LogP contribution is -2.41. The van der Waals surface area contributed by atoms with Gasteiger partial charge in [-0.1, -0.05) is 0 Å². The van der Waals surface area contributed by atoms with Crippen molar-refractivity contribution >= 4 is 17.8 Å². The molecule has 7 nitrogen and oxygen atoms in total. The summed E-state index contributed by atoms with van der Waals surface area (Å²) in [5.41, 5.74) is 0. The van der Waals surface area contributed by atoms with Crippen molar-refractivity contribution in [1.82, 2.24) is 5.32 Å². The highest BCUT2D eigenvalue weighted by Crippen LogP contribution is 2.07. The average Bonchev–Trinajstić information content (AvgIpc) is 2.70. The number of carboxylic acid groups (broad SMARTS) is 2.